The minimum Gasteiger partial charge on any atom is -0.493 e. The zero-order valence-electron chi connectivity index (χ0n) is 14.7. The van der Waals surface area contributed by atoms with E-state index in [1.807, 2.05) is 0 Å². The Balaban J connectivity index is 1.70. The second-order valence-corrected chi connectivity index (χ2v) is 6.08. The van der Waals surface area contributed by atoms with E-state index in [4.69, 9.17) is 14.6 Å². The van der Waals surface area contributed by atoms with Gasteiger partial charge in [-0.1, -0.05) is 6.07 Å². The molecular weight excluding hydrogens is 338 g/mol. The number of benzene rings is 1. The molecule has 1 amide bonds. The van der Waals surface area contributed by atoms with Gasteiger partial charge in [-0.3, -0.25) is 9.48 Å². The number of methoxy groups -OCH3 is 2. The molecule has 1 aromatic heterocycles. The smallest absolute Gasteiger partial charge is 0.338 e. The van der Waals surface area contributed by atoms with Crippen LogP contribution in [0.1, 0.15) is 39.6 Å². The fraction of sp³-hybridized carbons (Fsp3) is 0.389. The molecule has 8 heteroatoms. The van der Waals surface area contributed by atoms with E-state index in [0.717, 1.165) is 0 Å². The van der Waals surface area contributed by atoms with Crippen molar-refractivity contribution < 1.29 is 24.2 Å². The second kappa shape index (κ2) is 7.47. The molecule has 2 heterocycles. The molecule has 1 saturated heterocycles. The summed E-state index contributed by atoms with van der Waals surface area (Å²) in [5, 5.41) is 13.1. The molecule has 2 aromatic rings. The highest BCUT2D eigenvalue weighted by atomic mass is 16.5. The number of carboxylic acid groups (broad SMARTS) is 1. The summed E-state index contributed by atoms with van der Waals surface area (Å²) in [6, 6.07) is 5.32. The highest BCUT2D eigenvalue weighted by Gasteiger charge is 2.27. The maximum atomic E-state index is 12.9. The van der Waals surface area contributed by atoms with E-state index in [-0.39, 0.29) is 17.5 Å². The number of amides is 1. The van der Waals surface area contributed by atoms with Gasteiger partial charge >= 0.3 is 5.97 Å². The van der Waals surface area contributed by atoms with Gasteiger partial charge in [-0.25, -0.2) is 4.79 Å². The second-order valence-electron chi connectivity index (χ2n) is 6.08. The van der Waals surface area contributed by atoms with Gasteiger partial charge in [0.05, 0.1) is 37.6 Å². The number of hydrogen-bond acceptors (Lipinski definition) is 5. The Labute approximate surface area is 150 Å². The van der Waals surface area contributed by atoms with Crippen LogP contribution in [0.3, 0.4) is 0 Å². The SMILES string of the molecule is COc1cccc(C(=O)N2CCC(n3cc(C(=O)O)cn3)CC2)c1OC. The molecule has 0 bridgehead atoms. The summed E-state index contributed by atoms with van der Waals surface area (Å²) in [5.74, 6) is -0.147. The number of nitrogens with zero attached hydrogens (tertiary/aromatic N) is 3. The Morgan fingerprint density at radius 3 is 2.50 bits per heavy atom. The molecule has 138 valence electrons. The lowest BCUT2D eigenvalue weighted by molar-refractivity contribution is 0.0684. The van der Waals surface area contributed by atoms with E-state index in [1.165, 1.54) is 26.6 Å². The van der Waals surface area contributed by atoms with Gasteiger partial charge in [0, 0.05) is 19.3 Å². The van der Waals surface area contributed by atoms with E-state index >= 15 is 0 Å². The number of piperidine rings is 1. The predicted octanol–water partition coefficient (Wildman–Crippen LogP) is 2.08. The standard InChI is InChI=1S/C18H21N3O5/c1-25-15-5-3-4-14(16(15)26-2)17(22)20-8-6-13(7-9-20)21-11-12(10-19-21)18(23)24/h3-5,10-11,13H,6-9H2,1-2H3,(H,23,24). The number of carbonyl (C=O) groups is 2. The van der Waals surface area contributed by atoms with Gasteiger partial charge in [0.25, 0.3) is 5.91 Å². The van der Waals surface area contributed by atoms with Crippen LogP contribution in [0.15, 0.2) is 30.6 Å². The highest BCUT2D eigenvalue weighted by Crippen LogP contribution is 2.32. The first-order valence-electron chi connectivity index (χ1n) is 8.33. The average molecular weight is 359 g/mol. The van der Waals surface area contributed by atoms with Crippen LogP contribution in [0.5, 0.6) is 11.5 Å². The van der Waals surface area contributed by atoms with Crippen molar-refractivity contribution in [1.82, 2.24) is 14.7 Å². The van der Waals surface area contributed by atoms with Crippen molar-refractivity contribution in [3.8, 4) is 11.5 Å². The van der Waals surface area contributed by atoms with Crippen molar-refractivity contribution in [1.29, 1.82) is 0 Å². The van der Waals surface area contributed by atoms with E-state index in [9.17, 15) is 9.59 Å². The zero-order chi connectivity index (χ0) is 18.7. The minimum atomic E-state index is -0.992. The molecule has 0 atom stereocenters. The molecule has 1 aromatic carbocycles. The van der Waals surface area contributed by atoms with Crippen molar-refractivity contribution in [3.05, 3.63) is 41.7 Å². The minimum absolute atomic E-state index is 0.0827. The van der Waals surface area contributed by atoms with Crippen LogP contribution in [-0.2, 0) is 0 Å². The number of hydrogen-bond donors (Lipinski definition) is 1. The van der Waals surface area contributed by atoms with E-state index in [1.54, 1.807) is 27.8 Å². The molecule has 1 aliphatic rings. The van der Waals surface area contributed by atoms with Crippen molar-refractivity contribution in [2.24, 2.45) is 0 Å². The zero-order valence-corrected chi connectivity index (χ0v) is 14.7. The van der Waals surface area contributed by atoms with Gasteiger partial charge in [-0.15, -0.1) is 0 Å². The number of ether oxygens (including phenoxy) is 2. The molecule has 0 saturated carbocycles. The van der Waals surface area contributed by atoms with Gasteiger partial charge in [0.1, 0.15) is 0 Å². The van der Waals surface area contributed by atoms with Crippen LogP contribution in [0, 0.1) is 0 Å². The number of aromatic carboxylic acids is 1. The molecule has 8 nitrogen and oxygen atoms in total. The number of rotatable bonds is 5. The molecule has 0 radical (unpaired) electrons. The van der Waals surface area contributed by atoms with Gasteiger partial charge in [-0.05, 0) is 25.0 Å². The Morgan fingerprint density at radius 2 is 1.92 bits per heavy atom. The molecule has 1 N–H and O–H groups in total. The summed E-state index contributed by atoms with van der Waals surface area (Å²) in [6.07, 6.45) is 4.30. The van der Waals surface area contributed by atoms with Crippen LogP contribution >= 0.6 is 0 Å². The molecular formula is C18H21N3O5. The third-order valence-electron chi connectivity index (χ3n) is 4.61. The lowest BCUT2D eigenvalue weighted by atomic mass is 10.0. The normalized spacial score (nSPS) is 14.9. The molecule has 0 spiro atoms. The Bertz CT molecular complexity index is 809. The fourth-order valence-corrected chi connectivity index (χ4v) is 3.21. The summed E-state index contributed by atoms with van der Waals surface area (Å²) in [6.45, 7) is 1.12. The van der Waals surface area contributed by atoms with Gasteiger partial charge < -0.3 is 19.5 Å². The Hall–Kier alpha value is -3.03. The molecule has 3 rings (SSSR count). The first kappa shape index (κ1) is 17.8. The van der Waals surface area contributed by atoms with E-state index in [2.05, 4.69) is 5.10 Å². The van der Waals surface area contributed by atoms with Crippen molar-refractivity contribution in [3.63, 3.8) is 0 Å². The maximum Gasteiger partial charge on any atom is 0.338 e. The molecule has 1 aliphatic heterocycles. The topological polar surface area (TPSA) is 93.9 Å². The van der Waals surface area contributed by atoms with Crippen molar-refractivity contribution in [2.75, 3.05) is 27.3 Å². The Kier molecular flexibility index (Phi) is 5.11. The highest BCUT2D eigenvalue weighted by molar-refractivity contribution is 5.97. The lowest BCUT2D eigenvalue weighted by Gasteiger charge is -2.32. The van der Waals surface area contributed by atoms with Crippen LogP contribution in [-0.4, -0.2) is 59.0 Å². The van der Waals surface area contributed by atoms with Gasteiger partial charge in [-0.2, -0.15) is 5.10 Å². The molecule has 26 heavy (non-hydrogen) atoms. The number of likely N-dealkylation sites (tertiary alicyclic amines) is 1. The van der Waals surface area contributed by atoms with Crippen LogP contribution < -0.4 is 9.47 Å². The first-order valence-corrected chi connectivity index (χ1v) is 8.33. The first-order chi connectivity index (χ1) is 12.5. The van der Waals surface area contributed by atoms with Crippen LogP contribution in [0.2, 0.25) is 0 Å². The molecule has 1 fully saturated rings. The van der Waals surface area contributed by atoms with Crippen molar-refractivity contribution in [2.45, 2.75) is 18.9 Å². The quantitative estimate of drug-likeness (QED) is 0.878. The van der Waals surface area contributed by atoms with Crippen LogP contribution in [0.25, 0.3) is 0 Å². The monoisotopic (exact) mass is 359 g/mol. The van der Waals surface area contributed by atoms with E-state index in [0.29, 0.717) is 43.0 Å². The summed E-state index contributed by atoms with van der Waals surface area (Å²) < 4.78 is 12.3. The average Bonchev–Trinajstić information content (AvgIpc) is 3.17. The molecule has 0 unspecified atom stereocenters. The van der Waals surface area contributed by atoms with Crippen LogP contribution in [0.4, 0.5) is 0 Å². The number of para-hydroxylation sites is 1. The predicted molar refractivity (Wildman–Crippen MR) is 92.9 cm³/mol. The lowest BCUT2D eigenvalue weighted by Crippen LogP contribution is -2.39. The number of carbonyl (C=O) groups excluding carboxylic acids is 1. The summed E-state index contributed by atoms with van der Waals surface area (Å²) in [4.78, 5) is 25.6. The largest absolute Gasteiger partial charge is 0.493 e. The molecule has 0 aliphatic carbocycles. The number of carboxylic acids is 1. The van der Waals surface area contributed by atoms with Gasteiger partial charge in [0.15, 0.2) is 11.5 Å². The third-order valence-corrected chi connectivity index (χ3v) is 4.61. The maximum absolute atomic E-state index is 12.9. The summed E-state index contributed by atoms with van der Waals surface area (Å²) in [7, 11) is 3.05. The number of aromatic nitrogens is 2. The summed E-state index contributed by atoms with van der Waals surface area (Å²) >= 11 is 0. The van der Waals surface area contributed by atoms with Gasteiger partial charge in [0.2, 0.25) is 0 Å². The summed E-state index contributed by atoms with van der Waals surface area (Å²) in [5.41, 5.74) is 0.641. The van der Waals surface area contributed by atoms with Crippen molar-refractivity contribution >= 4 is 11.9 Å². The third kappa shape index (κ3) is 3.35. The fourth-order valence-electron chi connectivity index (χ4n) is 3.21. The van der Waals surface area contributed by atoms with E-state index < -0.39 is 5.97 Å². The Morgan fingerprint density at radius 1 is 1.19 bits per heavy atom.